The summed E-state index contributed by atoms with van der Waals surface area (Å²) < 4.78 is 7.68. The molecule has 0 radical (unpaired) electrons. The second-order valence-corrected chi connectivity index (χ2v) is 9.99. The van der Waals surface area contributed by atoms with Gasteiger partial charge in [0.1, 0.15) is 5.65 Å². The molecule has 0 aromatic carbocycles. The van der Waals surface area contributed by atoms with Gasteiger partial charge in [0.2, 0.25) is 5.95 Å². The van der Waals surface area contributed by atoms with Crippen molar-refractivity contribution >= 4 is 39.5 Å². The van der Waals surface area contributed by atoms with Crippen molar-refractivity contribution in [2.24, 2.45) is 0 Å². The Morgan fingerprint density at radius 1 is 1.09 bits per heavy atom. The lowest BCUT2D eigenvalue weighted by atomic mass is 10.0. The predicted octanol–water partition coefficient (Wildman–Crippen LogP) is 3.43. The fourth-order valence-electron chi connectivity index (χ4n) is 5.02. The van der Waals surface area contributed by atoms with E-state index in [1.807, 2.05) is 30.6 Å². The fraction of sp³-hybridized carbons (Fsp3) is 0.480. The highest BCUT2D eigenvalue weighted by atomic mass is 16.5. The molecule has 10 heteroatoms. The first-order valence-electron chi connectivity index (χ1n) is 12.0. The second-order valence-electron chi connectivity index (χ2n) is 9.99. The highest BCUT2D eigenvalue weighted by molar-refractivity contribution is 6.06. The van der Waals surface area contributed by atoms with Crippen LogP contribution in [0.5, 0.6) is 0 Å². The summed E-state index contributed by atoms with van der Waals surface area (Å²) in [5.74, 6) is 1.98. The lowest BCUT2D eigenvalue weighted by molar-refractivity contribution is 0.114. The number of rotatable bonds is 7. The normalized spacial score (nSPS) is 15.4. The molecular formula is C25H33N9O. The number of anilines is 3. The van der Waals surface area contributed by atoms with Gasteiger partial charge in [0.25, 0.3) is 0 Å². The Morgan fingerprint density at radius 2 is 1.89 bits per heavy atom. The number of pyridine rings is 1. The minimum atomic E-state index is -0.328. The number of nitrogens with zero attached hydrogens (tertiary/aromatic N) is 8. The van der Waals surface area contributed by atoms with Crippen LogP contribution in [0.3, 0.4) is 0 Å². The van der Waals surface area contributed by atoms with Crippen LogP contribution in [-0.4, -0.2) is 81.6 Å². The van der Waals surface area contributed by atoms with E-state index in [1.54, 1.807) is 13.3 Å². The predicted molar refractivity (Wildman–Crippen MR) is 138 cm³/mol. The van der Waals surface area contributed by atoms with Gasteiger partial charge in [-0.1, -0.05) is 0 Å². The number of nitrogens with one attached hydrogen (secondary N) is 1. The molecule has 0 amide bonds. The Morgan fingerprint density at radius 3 is 2.57 bits per heavy atom. The van der Waals surface area contributed by atoms with Gasteiger partial charge < -0.3 is 24.4 Å². The monoisotopic (exact) mass is 475 g/mol. The van der Waals surface area contributed by atoms with Crippen LogP contribution in [0.15, 0.2) is 36.8 Å². The van der Waals surface area contributed by atoms with Crippen LogP contribution in [0, 0.1) is 0 Å². The summed E-state index contributed by atoms with van der Waals surface area (Å²) in [6, 6.07) is 6.57. The maximum Gasteiger partial charge on any atom is 0.230 e. The summed E-state index contributed by atoms with van der Waals surface area (Å²) in [5.41, 5.74) is 1.49. The smallest absolute Gasteiger partial charge is 0.230 e. The third kappa shape index (κ3) is 4.51. The molecule has 0 bridgehead atoms. The van der Waals surface area contributed by atoms with Gasteiger partial charge in [0.05, 0.1) is 23.9 Å². The van der Waals surface area contributed by atoms with Crippen molar-refractivity contribution in [2.75, 3.05) is 51.1 Å². The SMILES string of the molecule is COCC(C)(C)n1c2cnccc2c2cnc(Nc3ccc(N4CCC(N(C)C)CC4)nn3)nc21. The molecular weight excluding hydrogens is 442 g/mol. The fourth-order valence-corrected chi connectivity index (χ4v) is 5.02. The molecule has 35 heavy (non-hydrogen) atoms. The first-order chi connectivity index (χ1) is 16.9. The minimum absolute atomic E-state index is 0.328. The standard InChI is InChI=1S/C25H33N9O/c1-25(2,16-35-5)34-20-15-26-11-8-18(20)19-14-27-24(29-23(19)34)28-21-6-7-22(31-30-21)33-12-9-17(10-13-33)32(3)4/h6-8,11,14-15,17H,9-10,12-13,16H2,1-5H3,(H,27,28,29,30). The van der Waals surface area contributed by atoms with Crippen molar-refractivity contribution in [1.82, 2.24) is 34.6 Å². The Labute approximate surface area is 205 Å². The summed E-state index contributed by atoms with van der Waals surface area (Å²) in [5, 5.41) is 14.1. The molecule has 0 unspecified atom stereocenters. The molecule has 1 saturated heterocycles. The van der Waals surface area contributed by atoms with Gasteiger partial charge in [-0.15, -0.1) is 10.2 Å². The van der Waals surface area contributed by atoms with Gasteiger partial charge >= 0.3 is 0 Å². The summed E-state index contributed by atoms with van der Waals surface area (Å²) in [7, 11) is 6.01. The van der Waals surface area contributed by atoms with Gasteiger partial charge in [-0.05, 0) is 59.0 Å². The summed E-state index contributed by atoms with van der Waals surface area (Å²) in [6.07, 6.45) is 7.77. The van der Waals surface area contributed by atoms with Crippen molar-refractivity contribution in [2.45, 2.75) is 38.3 Å². The molecule has 1 aliphatic rings. The number of hydrogen-bond acceptors (Lipinski definition) is 9. The molecule has 4 aromatic rings. The quantitative estimate of drug-likeness (QED) is 0.431. The van der Waals surface area contributed by atoms with E-state index in [2.05, 4.69) is 67.8 Å². The molecule has 184 valence electrons. The first kappa shape index (κ1) is 23.4. The maximum absolute atomic E-state index is 5.51. The number of hydrogen-bond donors (Lipinski definition) is 1. The Bertz CT molecular complexity index is 1310. The Balaban J connectivity index is 1.41. The van der Waals surface area contributed by atoms with E-state index in [0.29, 0.717) is 24.4 Å². The first-order valence-corrected chi connectivity index (χ1v) is 12.0. The van der Waals surface area contributed by atoms with E-state index in [9.17, 15) is 0 Å². The molecule has 0 saturated carbocycles. The summed E-state index contributed by atoms with van der Waals surface area (Å²) >= 11 is 0. The zero-order valence-corrected chi connectivity index (χ0v) is 21.1. The highest BCUT2D eigenvalue weighted by Gasteiger charge is 2.27. The van der Waals surface area contributed by atoms with E-state index in [-0.39, 0.29) is 5.54 Å². The van der Waals surface area contributed by atoms with Gasteiger partial charge in [0, 0.05) is 49.4 Å². The van der Waals surface area contributed by atoms with Crippen molar-refractivity contribution in [3.05, 3.63) is 36.8 Å². The number of methoxy groups -OCH3 is 1. The molecule has 0 spiro atoms. The van der Waals surface area contributed by atoms with E-state index in [4.69, 9.17) is 9.72 Å². The van der Waals surface area contributed by atoms with E-state index in [1.165, 1.54) is 0 Å². The molecule has 5 rings (SSSR count). The maximum atomic E-state index is 5.51. The van der Waals surface area contributed by atoms with Crippen LogP contribution >= 0.6 is 0 Å². The average Bonchev–Trinajstić information content (AvgIpc) is 3.19. The molecule has 5 heterocycles. The van der Waals surface area contributed by atoms with Gasteiger partial charge in [-0.25, -0.2) is 4.98 Å². The lowest BCUT2D eigenvalue weighted by Gasteiger charge is -2.35. The number of aromatic nitrogens is 6. The lowest BCUT2D eigenvalue weighted by Crippen LogP contribution is -2.42. The van der Waals surface area contributed by atoms with Crippen LogP contribution < -0.4 is 10.2 Å². The molecule has 4 aromatic heterocycles. The van der Waals surface area contributed by atoms with Gasteiger partial charge in [-0.3, -0.25) is 4.98 Å². The molecule has 1 aliphatic heterocycles. The van der Waals surface area contributed by atoms with Crippen LogP contribution in [0.25, 0.3) is 21.9 Å². The molecule has 0 atom stereocenters. The Kier molecular flexibility index (Phi) is 6.24. The summed E-state index contributed by atoms with van der Waals surface area (Å²) in [4.78, 5) is 18.4. The Hall–Kier alpha value is -3.37. The van der Waals surface area contributed by atoms with Crippen molar-refractivity contribution in [3.8, 4) is 0 Å². The third-order valence-corrected chi connectivity index (χ3v) is 6.82. The van der Waals surface area contributed by atoms with Crippen molar-refractivity contribution < 1.29 is 4.74 Å². The second kappa shape index (κ2) is 9.35. The zero-order valence-electron chi connectivity index (χ0n) is 21.1. The van der Waals surface area contributed by atoms with Crippen LogP contribution in [0.4, 0.5) is 17.6 Å². The van der Waals surface area contributed by atoms with E-state index >= 15 is 0 Å². The molecule has 1 N–H and O–H groups in total. The molecule has 0 aliphatic carbocycles. The van der Waals surface area contributed by atoms with Crippen LogP contribution in [0.2, 0.25) is 0 Å². The molecule has 10 nitrogen and oxygen atoms in total. The van der Waals surface area contributed by atoms with Gasteiger partial charge in [-0.2, -0.15) is 4.98 Å². The zero-order chi connectivity index (χ0) is 24.6. The average molecular weight is 476 g/mol. The van der Waals surface area contributed by atoms with Crippen LogP contribution in [-0.2, 0) is 10.3 Å². The van der Waals surface area contributed by atoms with E-state index < -0.39 is 0 Å². The number of ether oxygens (including phenoxy) is 1. The largest absolute Gasteiger partial charge is 0.382 e. The third-order valence-electron chi connectivity index (χ3n) is 6.82. The number of fused-ring (bicyclic) bond motifs is 3. The van der Waals surface area contributed by atoms with Crippen LogP contribution in [0.1, 0.15) is 26.7 Å². The summed E-state index contributed by atoms with van der Waals surface area (Å²) in [6.45, 7) is 6.76. The number of piperidine rings is 1. The van der Waals surface area contributed by atoms with Gasteiger partial charge in [0.15, 0.2) is 11.6 Å². The topological polar surface area (TPSA) is 97.1 Å². The van der Waals surface area contributed by atoms with E-state index in [0.717, 1.165) is 53.7 Å². The highest BCUT2D eigenvalue weighted by Crippen LogP contribution is 2.33. The van der Waals surface area contributed by atoms with Crippen molar-refractivity contribution in [1.29, 1.82) is 0 Å². The minimum Gasteiger partial charge on any atom is -0.382 e. The molecule has 1 fully saturated rings. The van der Waals surface area contributed by atoms with Crippen molar-refractivity contribution in [3.63, 3.8) is 0 Å².